The number of hydrogen-bond acceptors (Lipinski definition) is 3. The Morgan fingerprint density at radius 2 is 1.82 bits per heavy atom. The van der Waals surface area contributed by atoms with Gasteiger partial charge < -0.3 is 15.5 Å². The highest BCUT2D eigenvalue weighted by atomic mass is 16.4. The molecule has 0 aliphatic heterocycles. The molecule has 0 aromatic heterocycles. The molecule has 1 rings (SSSR count). The molecule has 0 bridgehead atoms. The Kier molecular flexibility index (Phi) is 3.81. The highest BCUT2D eigenvalue weighted by Crippen LogP contribution is 2.58. The van der Waals surface area contributed by atoms with Gasteiger partial charge in [0, 0.05) is 6.54 Å². The molecule has 0 heterocycles. The SMILES string of the molecule is CC(C)C(O)CNC(=O)[C@H]1[C@@H](C(=O)O)C1(C)C. The Labute approximate surface area is 101 Å². The quantitative estimate of drug-likeness (QED) is 0.655. The van der Waals surface area contributed by atoms with Crippen molar-refractivity contribution < 1.29 is 19.8 Å². The summed E-state index contributed by atoms with van der Waals surface area (Å²) in [5, 5.41) is 21.1. The first kappa shape index (κ1) is 14.0. The monoisotopic (exact) mass is 243 g/mol. The molecular formula is C12H21NO4. The van der Waals surface area contributed by atoms with E-state index in [2.05, 4.69) is 5.32 Å². The maximum atomic E-state index is 11.8. The average molecular weight is 243 g/mol. The van der Waals surface area contributed by atoms with E-state index in [1.54, 1.807) is 13.8 Å². The molecule has 98 valence electrons. The van der Waals surface area contributed by atoms with Crippen molar-refractivity contribution in [2.75, 3.05) is 6.54 Å². The summed E-state index contributed by atoms with van der Waals surface area (Å²) in [5.41, 5.74) is -0.487. The molecule has 1 unspecified atom stereocenters. The van der Waals surface area contributed by atoms with Crippen LogP contribution < -0.4 is 5.32 Å². The number of aliphatic hydroxyl groups is 1. The van der Waals surface area contributed by atoms with Gasteiger partial charge >= 0.3 is 5.97 Å². The lowest BCUT2D eigenvalue weighted by Gasteiger charge is -2.15. The zero-order chi connectivity index (χ0) is 13.4. The first-order valence-corrected chi connectivity index (χ1v) is 5.88. The van der Waals surface area contributed by atoms with E-state index in [0.29, 0.717) is 0 Å². The Morgan fingerprint density at radius 1 is 1.29 bits per heavy atom. The summed E-state index contributed by atoms with van der Waals surface area (Å²) >= 11 is 0. The molecule has 1 aliphatic carbocycles. The zero-order valence-electron chi connectivity index (χ0n) is 10.7. The number of carboxylic acid groups (broad SMARTS) is 1. The van der Waals surface area contributed by atoms with Crippen molar-refractivity contribution in [1.82, 2.24) is 5.32 Å². The van der Waals surface area contributed by atoms with Gasteiger partial charge in [0.1, 0.15) is 0 Å². The van der Waals surface area contributed by atoms with Gasteiger partial charge in [0.25, 0.3) is 0 Å². The molecular weight excluding hydrogens is 222 g/mol. The van der Waals surface area contributed by atoms with Crippen LogP contribution in [0.2, 0.25) is 0 Å². The number of carbonyl (C=O) groups is 2. The minimum Gasteiger partial charge on any atom is -0.481 e. The van der Waals surface area contributed by atoms with E-state index in [4.69, 9.17) is 5.11 Å². The Hall–Kier alpha value is -1.10. The first-order valence-electron chi connectivity index (χ1n) is 5.88. The fraction of sp³-hybridized carbons (Fsp3) is 0.833. The number of carbonyl (C=O) groups excluding carboxylic acids is 1. The van der Waals surface area contributed by atoms with E-state index >= 15 is 0 Å². The molecule has 0 aromatic rings. The third kappa shape index (κ3) is 2.77. The molecule has 0 aromatic carbocycles. The fourth-order valence-electron chi connectivity index (χ4n) is 2.14. The summed E-state index contributed by atoms with van der Waals surface area (Å²) in [6, 6.07) is 0. The summed E-state index contributed by atoms with van der Waals surface area (Å²) in [6.45, 7) is 7.44. The summed E-state index contributed by atoms with van der Waals surface area (Å²) in [5.74, 6) is -2.24. The van der Waals surface area contributed by atoms with Crippen LogP contribution in [-0.4, -0.2) is 34.7 Å². The van der Waals surface area contributed by atoms with Crippen molar-refractivity contribution in [2.24, 2.45) is 23.2 Å². The van der Waals surface area contributed by atoms with E-state index in [0.717, 1.165) is 0 Å². The van der Waals surface area contributed by atoms with E-state index < -0.39 is 29.3 Å². The normalized spacial score (nSPS) is 27.6. The number of hydrogen-bond donors (Lipinski definition) is 3. The van der Waals surface area contributed by atoms with E-state index in [1.807, 2.05) is 13.8 Å². The van der Waals surface area contributed by atoms with Gasteiger partial charge in [-0.05, 0) is 11.3 Å². The molecule has 0 saturated heterocycles. The number of aliphatic hydroxyl groups excluding tert-OH is 1. The predicted molar refractivity (Wildman–Crippen MR) is 62.3 cm³/mol. The summed E-state index contributed by atoms with van der Waals surface area (Å²) in [7, 11) is 0. The van der Waals surface area contributed by atoms with Gasteiger partial charge in [0.05, 0.1) is 17.9 Å². The van der Waals surface area contributed by atoms with Crippen molar-refractivity contribution in [3.05, 3.63) is 0 Å². The van der Waals surface area contributed by atoms with Gasteiger partial charge in [-0.3, -0.25) is 9.59 Å². The maximum absolute atomic E-state index is 11.8. The van der Waals surface area contributed by atoms with Crippen molar-refractivity contribution in [3.63, 3.8) is 0 Å². The van der Waals surface area contributed by atoms with Gasteiger partial charge in [-0.25, -0.2) is 0 Å². The largest absolute Gasteiger partial charge is 0.481 e. The van der Waals surface area contributed by atoms with Crippen molar-refractivity contribution in [1.29, 1.82) is 0 Å². The fourth-order valence-corrected chi connectivity index (χ4v) is 2.14. The van der Waals surface area contributed by atoms with Gasteiger partial charge in [0.2, 0.25) is 5.91 Å². The van der Waals surface area contributed by atoms with Crippen molar-refractivity contribution in [2.45, 2.75) is 33.8 Å². The van der Waals surface area contributed by atoms with Gasteiger partial charge in [0.15, 0.2) is 0 Å². The molecule has 1 aliphatic rings. The standard InChI is InChI=1S/C12H21NO4/c1-6(2)7(14)5-13-10(15)8-9(11(16)17)12(8,3)4/h6-9,14H,5H2,1-4H3,(H,13,15)(H,16,17)/t7?,8-,9+/m1/s1. The molecule has 5 nitrogen and oxygen atoms in total. The van der Waals surface area contributed by atoms with Crippen molar-refractivity contribution >= 4 is 11.9 Å². The van der Waals surface area contributed by atoms with Crippen LogP contribution in [0.5, 0.6) is 0 Å². The molecule has 17 heavy (non-hydrogen) atoms. The van der Waals surface area contributed by atoms with Crippen molar-refractivity contribution in [3.8, 4) is 0 Å². The lowest BCUT2D eigenvalue weighted by atomic mass is 10.1. The minimum atomic E-state index is -0.931. The lowest BCUT2D eigenvalue weighted by molar-refractivity contribution is -0.140. The van der Waals surface area contributed by atoms with Crippen LogP contribution >= 0.6 is 0 Å². The Morgan fingerprint density at radius 3 is 2.18 bits per heavy atom. The smallest absolute Gasteiger partial charge is 0.307 e. The molecule has 1 saturated carbocycles. The molecule has 1 fully saturated rings. The molecule has 3 N–H and O–H groups in total. The highest BCUT2D eigenvalue weighted by Gasteiger charge is 2.65. The third-order valence-corrected chi connectivity index (χ3v) is 3.63. The second kappa shape index (κ2) is 4.64. The average Bonchev–Trinajstić information content (AvgIpc) is 2.77. The third-order valence-electron chi connectivity index (χ3n) is 3.63. The van der Waals surface area contributed by atoms with Crippen LogP contribution in [0.1, 0.15) is 27.7 Å². The minimum absolute atomic E-state index is 0.0674. The van der Waals surface area contributed by atoms with Crippen LogP contribution in [0.3, 0.4) is 0 Å². The number of carboxylic acids is 1. The van der Waals surface area contributed by atoms with Crippen LogP contribution in [0.4, 0.5) is 0 Å². The number of amides is 1. The van der Waals surface area contributed by atoms with Gasteiger partial charge in [-0.15, -0.1) is 0 Å². The Bertz CT molecular complexity index is 324. The second-order valence-electron chi connectivity index (χ2n) is 5.67. The number of rotatable bonds is 5. The van der Waals surface area contributed by atoms with Crippen LogP contribution in [0.25, 0.3) is 0 Å². The molecule has 3 atom stereocenters. The summed E-state index contributed by atoms with van der Waals surface area (Å²) < 4.78 is 0. The van der Waals surface area contributed by atoms with Gasteiger partial charge in [-0.2, -0.15) is 0 Å². The second-order valence-corrected chi connectivity index (χ2v) is 5.67. The van der Waals surface area contributed by atoms with E-state index in [9.17, 15) is 14.7 Å². The molecule has 5 heteroatoms. The topological polar surface area (TPSA) is 86.6 Å². The highest BCUT2D eigenvalue weighted by molar-refractivity contribution is 5.91. The maximum Gasteiger partial charge on any atom is 0.307 e. The molecule has 1 amide bonds. The summed E-state index contributed by atoms with van der Waals surface area (Å²) in [4.78, 5) is 22.7. The van der Waals surface area contributed by atoms with E-state index in [-0.39, 0.29) is 18.4 Å². The lowest BCUT2D eigenvalue weighted by Crippen LogP contribution is -2.36. The van der Waals surface area contributed by atoms with Crippen LogP contribution in [0, 0.1) is 23.2 Å². The van der Waals surface area contributed by atoms with Crippen LogP contribution in [-0.2, 0) is 9.59 Å². The molecule has 0 radical (unpaired) electrons. The summed E-state index contributed by atoms with van der Waals surface area (Å²) in [6.07, 6.45) is -0.593. The first-order chi connectivity index (χ1) is 7.69. The Balaban J connectivity index is 2.48. The number of nitrogens with one attached hydrogen (secondary N) is 1. The van der Waals surface area contributed by atoms with Crippen LogP contribution in [0.15, 0.2) is 0 Å². The number of aliphatic carboxylic acids is 1. The van der Waals surface area contributed by atoms with Gasteiger partial charge in [-0.1, -0.05) is 27.7 Å². The van der Waals surface area contributed by atoms with E-state index in [1.165, 1.54) is 0 Å². The zero-order valence-corrected chi connectivity index (χ0v) is 10.7. The predicted octanol–water partition coefficient (Wildman–Crippen LogP) is 0.476. The molecule has 0 spiro atoms.